The Labute approximate surface area is 74.9 Å². The van der Waals surface area contributed by atoms with E-state index >= 15 is 0 Å². The largest absolute Gasteiger partial charge is 0.295 e. The van der Waals surface area contributed by atoms with Crippen molar-refractivity contribution in [3.63, 3.8) is 0 Å². The van der Waals surface area contributed by atoms with Crippen molar-refractivity contribution in [3.05, 3.63) is 11.6 Å². The molecule has 0 aromatic heterocycles. The molecule has 0 aliphatic heterocycles. The van der Waals surface area contributed by atoms with Crippen molar-refractivity contribution in [2.45, 2.75) is 40.5 Å². The van der Waals surface area contributed by atoms with Gasteiger partial charge in [-0.15, -0.1) is 0 Å². The van der Waals surface area contributed by atoms with Crippen LogP contribution in [0.3, 0.4) is 0 Å². The van der Waals surface area contributed by atoms with E-state index in [9.17, 15) is 4.79 Å². The Bertz CT molecular complexity index is 218. The lowest BCUT2D eigenvalue weighted by atomic mass is 9.73. The summed E-state index contributed by atoms with van der Waals surface area (Å²) in [6.07, 6.45) is 3.90. The Morgan fingerprint density at radius 1 is 1.42 bits per heavy atom. The van der Waals surface area contributed by atoms with E-state index in [-0.39, 0.29) is 5.41 Å². The van der Waals surface area contributed by atoms with Gasteiger partial charge >= 0.3 is 0 Å². The first-order valence-electron chi connectivity index (χ1n) is 4.61. The maximum Gasteiger partial charge on any atom is 0.158 e. The fourth-order valence-corrected chi connectivity index (χ4v) is 1.56. The topological polar surface area (TPSA) is 17.1 Å². The molecule has 0 aromatic rings. The van der Waals surface area contributed by atoms with E-state index in [4.69, 9.17) is 0 Å². The maximum atomic E-state index is 11.4. The zero-order valence-corrected chi connectivity index (χ0v) is 8.48. The number of carbonyl (C=O) groups is 1. The highest BCUT2D eigenvalue weighted by Crippen LogP contribution is 2.35. The summed E-state index contributed by atoms with van der Waals surface area (Å²) in [4.78, 5) is 11.4. The molecule has 0 saturated heterocycles. The van der Waals surface area contributed by atoms with Crippen LogP contribution in [0.4, 0.5) is 0 Å². The van der Waals surface area contributed by atoms with Crippen molar-refractivity contribution in [3.8, 4) is 0 Å². The molecule has 1 heteroatoms. The number of rotatable bonds is 0. The van der Waals surface area contributed by atoms with Gasteiger partial charge in [-0.2, -0.15) is 0 Å². The molecule has 1 aliphatic carbocycles. The van der Waals surface area contributed by atoms with Gasteiger partial charge in [-0.1, -0.05) is 26.8 Å². The van der Waals surface area contributed by atoms with Crippen molar-refractivity contribution >= 4 is 5.78 Å². The van der Waals surface area contributed by atoms with Gasteiger partial charge in [0.1, 0.15) is 0 Å². The van der Waals surface area contributed by atoms with Gasteiger partial charge < -0.3 is 0 Å². The minimum atomic E-state index is 0.271. The van der Waals surface area contributed by atoms with Crippen LogP contribution in [0, 0.1) is 11.3 Å². The number of ketones is 1. The lowest BCUT2D eigenvalue weighted by Crippen LogP contribution is -2.26. The van der Waals surface area contributed by atoms with Crippen LogP contribution in [0.15, 0.2) is 11.6 Å². The molecule has 0 N–H and O–H groups in total. The second-order valence-electron chi connectivity index (χ2n) is 4.81. The quantitative estimate of drug-likeness (QED) is 0.540. The lowest BCUT2D eigenvalue weighted by Gasteiger charge is -2.31. The van der Waals surface area contributed by atoms with E-state index in [2.05, 4.69) is 26.8 Å². The van der Waals surface area contributed by atoms with E-state index < -0.39 is 0 Å². The van der Waals surface area contributed by atoms with Gasteiger partial charge in [-0.3, -0.25) is 4.79 Å². The van der Waals surface area contributed by atoms with E-state index in [1.807, 2.05) is 6.92 Å². The number of carbonyl (C=O) groups excluding carboxylic acids is 1. The third-order valence-corrected chi connectivity index (χ3v) is 2.80. The fourth-order valence-electron chi connectivity index (χ4n) is 1.56. The molecule has 0 fully saturated rings. The summed E-state index contributed by atoms with van der Waals surface area (Å²) in [6, 6.07) is 0. The Kier molecular flexibility index (Phi) is 2.41. The van der Waals surface area contributed by atoms with Gasteiger partial charge in [0, 0.05) is 6.42 Å². The van der Waals surface area contributed by atoms with Crippen LogP contribution in [0.2, 0.25) is 0 Å². The SMILES string of the molecule is CC1=CC[C@H](C(C)(C)C)CC1=O. The van der Waals surface area contributed by atoms with Gasteiger partial charge in [0.15, 0.2) is 5.78 Å². The normalized spacial score (nSPS) is 25.5. The first kappa shape index (κ1) is 9.50. The minimum absolute atomic E-state index is 0.271. The molecule has 0 unspecified atom stereocenters. The Hall–Kier alpha value is -0.590. The Morgan fingerprint density at radius 2 is 2.00 bits per heavy atom. The number of allylic oxidation sites excluding steroid dienone is 2. The summed E-state index contributed by atoms with van der Waals surface area (Å²) in [5, 5.41) is 0. The molecule has 0 spiro atoms. The third-order valence-electron chi connectivity index (χ3n) is 2.80. The summed E-state index contributed by atoms with van der Waals surface area (Å²) < 4.78 is 0. The summed E-state index contributed by atoms with van der Waals surface area (Å²) in [6.45, 7) is 8.54. The van der Waals surface area contributed by atoms with E-state index in [0.29, 0.717) is 11.7 Å². The van der Waals surface area contributed by atoms with Crippen molar-refractivity contribution in [1.29, 1.82) is 0 Å². The molecule has 0 amide bonds. The molecule has 0 radical (unpaired) electrons. The van der Waals surface area contributed by atoms with Crippen LogP contribution in [-0.4, -0.2) is 5.78 Å². The lowest BCUT2D eigenvalue weighted by molar-refractivity contribution is -0.117. The highest BCUT2D eigenvalue weighted by molar-refractivity contribution is 5.95. The molecule has 1 aliphatic rings. The molecule has 0 saturated carbocycles. The standard InChI is InChI=1S/C11H18O/c1-8-5-6-9(7-10(8)12)11(2,3)4/h5,9H,6-7H2,1-4H3/t9-/m0/s1. The van der Waals surface area contributed by atoms with Crippen LogP contribution in [0.25, 0.3) is 0 Å². The molecule has 1 atom stereocenters. The van der Waals surface area contributed by atoms with Gasteiger partial charge in [0.2, 0.25) is 0 Å². The second-order valence-corrected chi connectivity index (χ2v) is 4.81. The van der Waals surface area contributed by atoms with Gasteiger partial charge in [0.05, 0.1) is 0 Å². The van der Waals surface area contributed by atoms with Crippen LogP contribution in [0.5, 0.6) is 0 Å². The van der Waals surface area contributed by atoms with Gasteiger partial charge in [-0.05, 0) is 30.3 Å². The Balaban J connectivity index is 2.72. The number of hydrogen-bond donors (Lipinski definition) is 0. The average Bonchev–Trinajstić information content (AvgIpc) is 1.92. The molecule has 68 valence electrons. The molecule has 1 rings (SSSR count). The minimum Gasteiger partial charge on any atom is -0.295 e. The molecular weight excluding hydrogens is 148 g/mol. The van der Waals surface area contributed by atoms with Crippen molar-refractivity contribution < 1.29 is 4.79 Å². The highest BCUT2D eigenvalue weighted by Gasteiger charge is 2.28. The fraction of sp³-hybridized carbons (Fsp3) is 0.727. The van der Waals surface area contributed by atoms with Crippen LogP contribution >= 0.6 is 0 Å². The molecule has 1 nitrogen and oxygen atoms in total. The highest BCUT2D eigenvalue weighted by atomic mass is 16.1. The first-order valence-corrected chi connectivity index (χ1v) is 4.61. The van der Waals surface area contributed by atoms with E-state index in [1.165, 1.54) is 0 Å². The predicted molar refractivity (Wildman–Crippen MR) is 50.9 cm³/mol. The number of hydrogen-bond acceptors (Lipinski definition) is 1. The molecule has 0 heterocycles. The van der Waals surface area contributed by atoms with Gasteiger partial charge in [-0.25, -0.2) is 0 Å². The zero-order chi connectivity index (χ0) is 9.35. The van der Waals surface area contributed by atoms with Crippen LogP contribution in [-0.2, 0) is 4.79 Å². The molecule has 12 heavy (non-hydrogen) atoms. The summed E-state index contributed by atoms with van der Waals surface area (Å²) in [7, 11) is 0. The van der Waals surface area contributed by atoms with E-state index in [1.54, 1.807) is 0 Å². The number of Topliss-reactive ketones (excluding diaryl/α,β-unsaturated/α-hetero) is 1. The van der Waals surface area contributed by atoms with Crippen LogP contribution < -0.4 is 0 Å². The molecule has 0 aromatic carbocycles. The van der Waals surface area contributed by atoms with Crippen molar-refractivity contribution in [1.82, 2.24) is 0 Å². The maximum absolute atomic E-state index is 11.4. The summed E-state index contributed by atoms with van der Waals surface area (Å²) in [5.74, 6) is 0.870. The summed E-state index contributed by atoms with van der Waals surface area (Å²) in [5.41, 5.74) is 1.22. The van der Waals surface area contributed by atoms with Crippen molar-refractivity contribution in [2.24, 2.45) is 11.3 Å². The molecule has 0 bridgehead atoms. The van der Waals surface area contributed by atoms with E-state index in [0.717, 1.165) is 18.4 Å². The first-order chi connectivity index (χ1) is 5.41. The van der Waals surface area contributed by atoms with Gasteiger partial charge in [0.25, 0.3) is 0 Å². The predicted octanol–water partition coefficient (Wildman–Crippen LogP) is 2.96. The van der Waals surface area contributed by atoms with Crippen molar-refractivity contribution in [2.75, 3.05) is 0 Å². The van der Waals surface area contributed by atoms with Crippen LogP contribution in [0.1, 0.15) is 40.5 Å². The monoisotopic (exact) mass is 166 g/mol. The summed E-state index contributed by atoms with van der Waals surface area (Å²) >= 11 is 0. The zero-order valence-electron chi connectivity index (χ0n) is 8.48. The molecular formula is C11H18O. The second kappa shape index (κ2) is 3.04. The Morgan fingerprint density at radius 3 is 2.42 bits per heavy atom. The third kappa shape index (κ3) is 1.96. The average molecular weight is 166 g/mol. The smallest absolute Gasteiger partial charge is 0.158 e.